The van der Waals surface area contributed by atoms with E-state index < -0.39 is 40.4 Å². The maximum absolute atomic E-state index is 7.13. The molecule has 6 aromatic rings. The molecule has 0 aliphatic rings. The molecular formula is C69H107NOP2Si3. The molecule has 416 valence electrons. The highest BCUT2D eigenvalue weighted by Crippen LogP contribution is 2.57. The van der Waals surface area contributed by atoms with Crippen LogP contribution >= 0.6 is 16.1 Å². The summed E-state index contributed by atoms with van der Waals surface area (Å²) < 4.78 is 10.2. The Labute approximate surface area is 472 Å². The molecule has 76 heavy (non-hydrogen) atoms. The number of para-hydroxylation sites is 2. The Morgan fingerprint density at radius 3 is 0.974 bits per heavy atom. The van der Waals surface area contributed by atoms with Crippen LogP contribution in [0, 0.1) is 0 Å². The fourth-order valence-electron chi connectivity index (χ4n) is 13.1. The summed E-state index contributed by atoms with van der Waals surface area (Å²) in [5.41, 5.74) is 2.06. The van der Waals surface area contributed by atoms with Crippen LogP contribution < -0.4 is 36.8 Å². The first-order valence-electron chi connectivity index (χ1n) is 31.7. The Morgan fingerprint density at radius 1 is 0.355 bits per heavy atom. The molecule has 1 aromatic heterocycles. The van der Waals surface area contributed by atoms with Gasteiger partial charge in [-0.05, 0) is 41.9 Å². The van der Waals surface area contributed by atoms with Gasteiger partial charge in [0.15, 0.2) is 0 Å². The van der Waals surface area contributed by atoms with Gasteiger partial charge in [0.25, 0.3) is 0 Å². The molecule has 0 spiro atoms. The van der Waals surface area contributed by atoms with Gasteiger partial charge in [-0.25, -0.2) is 4.44 Å². The zero-order chi connectivity index (χ0) is 54.4. The number of benzene rings is 5. The molecule has 2 nitrogen and oxygen atoms in total. The van der Waals surface area contributed by atoms with E-state index in [9.17, 15) is 0 Å². The Balaban J connectivity index is 1.64. The topological polar surface area (TPSA) is 16.4 Å². The predicted molar refractivity (Wildman–Crippen MR) is 356 cm³/mol. The fourth-order valence-corrected chi connectivity index (χ4v) is 36.1. The highest BCUT2D eigenvalue weighted by atomic mass is 31.2. The van der Waals surface area contributed by atoms with Crippen molar-refractivity contribution >= 4 is 99.1 Å². The SMILES string of the molecule is CCCC[Si](CCCC)(CCCC)c1ccc(P(c2ccc([Si](CCCC)(CCCC)CCCC)cc2)N(C(C)C)P(c2ccc([Si](CCCC)(CCCC)CCCC)cc2)c2cccc3c2oc2ccccc23)cc1. The Kier molecular flexibility index (Phi) is 26.3. The van der Waals surface area contributed by atoms with E-state index in [0.29, 0.717) is 0 Å². The third kappa shape index (κ3) is 15.4. The molecule has 1 atom stereocenters. The van der Waals surface area contributed by atoms with Crippen molar-refractivity contribution in [1.82, 2.24) is 4.44 Å². The first kappa shape index (κ1) is 62.6. The molecular weight excluding hydrogens is 1000 g/mol. The summed E-state index contributed by atoms with van der Waals surface area (Å²) in [6, 6.07) is 61.0. The van der Waals surface area contributed by atoms with Gasteiger partial charge in [-0.2, -0.15) is 0 Å². The number of hydrogen-bond acceptors (Lipinski definition) is 2. The summed E-state index contributed by atoms with van der Waals surface area (Å²) >= 11 is 0. The summed E-state index contributed by atoms with van der Waals surface area (Å²) in [4.78, 5) is 0. The Bertz CT molecular complexity index is 2410. The monoisotopic (exact) mass is 1110 g/mol. The molecule has 5 aromatic carbocycles. The first-order chi connectivity index (χ1) is 37.1. The number of hydrogen-bond donors (Lipinski definition) is 0. The van der Waals surface area contributed by atoms with Crippen molar-refractivity contribution in [3.63, 3.8) is 0 Å². The maximum Gasteiger partial charge on any atom is 0.144 e. The lowest BCUT2D eigenvalue weighted by molar-refractivity contribution is 0.583. The Morgan fingerprint density at radius 2 is 0.658 bits per heavy atom. The predicted octanol–water partition coefficient (Wildman–Crippen LogP) is 19.9. The third-order valence-corrected chi connectivity index (χ3v) is 40.2. The second-order valence-electron chi connectivity index (χ2n) is 23.7. The molecule has 0 saturated carbocycles. The van der Waals surface area contributed by atoms with Crippen molar-refractivity contribution in [3.8, 4) is 0 Å². The molecule has 0 bridgehead atoms. The van der Waals surface area contributed by atoms with E-state index in [1.807, 2.05) is 0 Å². The van der Waals surface area contributed by atoms with Gasteiger partial charge in [0.2, 0.25) is 0 Å². The van der Waals surface area contributed by atoms with Crippen molar-refractivity contribution in [2.24, 2.45) is 0 Å². The largest absolute Gasteiger partial charge is 0.455 e. The summed E-state index contributed by atoms with van der Waals surface area (Å²) in [7, 11) is -7.18. The lowest BCUT2D eigenvalue weighted by atomic mass is 10.1. The summed E-state index contributed by atoms with van der Waals surface area (Å²) in [6.45, 7) is 26.7. The molecule has 0 radical (unpaired) electrons. The van der Waals surface area contributed by atoms with Crippen LogP contribution in [-0.4, -0.2) is 34.7 Å². The number of unbranched alkanes of at least 4 members (excludes halogenated alkanes) is 9. The van der Waals surface area contributed by atoms with E-state index in [1.54, 1.807) is 15.6 Å². The van der Waals surface area contributed by atoms with Gasteiger partial charge in [-0.1, -0.05) is 351 Å². The minimum Gasteiger partial charge on any atom is -0.455 e. The highest BCUT2D eigenvalue weighted by Gasteiger charge is 2.40. The highest BCUT2D eigenvalue weighted by molar-refractivity contribution is 7.85. The molecule has 0 aliphatic carbocycles. The van der Waals surface area contributed by atoms with Crippen LogP contribution in [0.2, 0.25) is 54.4 Å². The normalized spacial score (nSPS) is 13.1. The van der Waals surface area contributed by atoms with Gasteiger partial charge < -0.3 is 4.42 Å². The zero-order valence-corrected chi connectivity index (χ0v) is 55.2. The van der Waals surface area contributed by atoms with Crippen LogP contribution in [0.15, 0.2) is 120 Å². The van der Waals surface area contributed by atoms with E-state index in [4.69, 9.17) is 4.42 Å². The smallest absolute Gasteiger partial charge is 0.144 e. The number of fused-ring (bicyclic) bond motifs is 3. The van der Waals surface area contributed by atoms with Crippen molar-refractivity contribution in [2.45, 2.75) is 252 Å². The molecule has 0 saturated heterocycles. The van der Waals surface area contributed by atoms with Crippen LogP contribution in [0.4, 0.5) is 0 Å². The fraction of sp³-hybridized carbons (Fsp3) is 0.565. The van der Waals surface area contributed by atoms with Gasteiger partial charge in [0.05, 0.1) is 24.2 Å². The van der Waals surface area contributed by atoms with Gasteiger partial charge in [-0.15, -0.1) is 0 Å². The Hall–Kier alpha value is -2.63. The molecule has 1 unspecified atom stereocenters. The summed E-state index contributed by atoms with van der Waals surface area (Å²) in [5.74, 6) is 0. The summed E-state index contributed by atoms with van der Waals surface area (Å²) in [5, 5.41) is 13.4. The molecule has 6 rings (SSSR count). The minimum atomic E-state index is -1.72. The summed E-state index contributed by atoms with van der Waals surface area (Å²) in [6.07, 6.45) is 23.8. The molecule has 0 aliphatic heterocycles. The van der Waals surface area contributed by atoms with E-state index >= 15 is 0 Å². The minimum absolute atomic E-state index is 0.266. The van der Waals surface area contributed by atoms with Crippen molar-refractivity contribution < 1.29 is 4.42 Å². The maximum atomic E-state index is 7.13. The molecule has 0 N–H and O–H groups in total. The van der Waals surface area contributed by atoms with Gasteiger partial charge in [0, 0.05) is 38.3 Å². The number of rotatable bonds is 37. The van der Waals surface area contributed by atoms with Crippen LogP contribution in [-0.2, 0) is 0 Å². The standard InChI is InChI=1S/C69H107NOP2Si3/c1-12-21-49-74(50-22-13-2,51-23-14-3)62-43-37-59(38-44-62)72(60-39-45-63(46-40-60)75(52-24-15-4,53-25-16-5)54-26-17-6)70(58(10)11)73(68-36-32-34-66-65-33-30-31-35-67(65)71-69(66)68)61-41-47-64(48-42-61)76(55-27-18-7,56-28-19-8)57-29-20-9/h30-48,58H,12-29,49-57H2,1-11H3. The number of furan rings is 1. The quantitative estimate of drug-likeness (QED) is 0.0286. The molecule has 1 heterocycles. The van der Waals surface area contributed by atoms with Crippen molar-refractivity contribution in [2.75, 3.05) is 0 Å². The van der Waals surface area contributed by atoms with E-state index in [1.165, 1.54) is 202 Å². The second kappa shape index (κ2) is 32.0. The van der Waals surface area contributed by atoms with Crippen molar-refractivity contribution in [1.29, 1.82) is 0 Å². The van der Waals surface area contributed by atoms with Gasteiger partial charge in [0.1, 0.15) is 11.2 Å². The van der Waals surface area contributed by atoms with E-state index in [2.05, 4.69) is 196 Å². The third-order valence-electron chi connectivity index (χ3n) is 17.7. The molecule has 7 heteroatoms. The number of nitrogens with zero attached hydrogens (tertiary/aromatic N) is 1. The van der Waals surface area contributed by atoms with Crippen molar-refractivity contribution in [3.05, 3.63) is 115 Å². The van der Waals surface area contributed by atoms with Crippen LogP contribution in [0.5, 0.6) is 0 Å². The second-order valence-corrected chi connectivity index (χ2v) is 42.1. The zero-order valence-electron chi connectivity index (χ0n) is 50.4. The van der Waals surface area contributed by atoms with Crippen LogP contribution in [0.25, 0.3) is 21.9 Å². The van der Waals surface area contributed by atoms with Crippen LogP contribution in [0.1, 0.15) is 192 Å². The lowest BCUT2D eigenvalue weighted by Gasteiger charge is -2.42. The molecule has 0 amide bonds. The lowest BCUT2D eigenvalue weighted by Crippen LogP contribution is -2.48. The van der Waals surface area contributed by atoms with Gasteiger partial charge in [-0.3, -0.25) is 0 Å². The first-order valence-corrected chi connectivity index (χ1v) is 42.1. The average molecular weight is 1110 g/mol. The average Bonchev–Trinajstić information content (AvgIpc) is 3.86. The van der Waals surface area contributed by atoms with E-state index in [-0.39, 0.29) is 6.04 Å². The van der Waals surface area contributed by atoms with Gasteiger partial charge >= 0.3 is 0 Å². The molecule has 0 fully saturated rings. The van der Waals surface area contributed by atoms with E-state index in [0.717, 1.165) is 11.2 Å². The van der Waals surface area contributed by atoms with Crippen LogP contribution in [0.3, 0.4) is 0 Å².